The first-order valence-electron chi connectivity index (χ1n) is 8.88. The summed E-state index contributed by atoms with van der Waals surface area (Å²) in [6.45, 7) is 0.621. The molecular weight excluding hydrogens is 398 g/mol. The smallest absolute Gasteiger partial charge is 0.246 e. The molecule has 150 valence electrons. The van der Waals surface area contributed by atoms with Gasteiger partial charge in [-0.15, -0.1) is 11.3 Å². The maximum atomic E-state index is 12.6. The van der Waals surface area contributed by atoms with Gasteiger partial charge in [-0.3, -0.25) is 4.79 Å². The lowest BCUT2D eigenvalue weighted by Crippen LogP contribution is -2.32. The molecule has 1 aliphatic heterocycles. The molecule has 0 bridgehead atoms. The Morgan fingerprint density at radius 3 is 2.64 bits per heavy atom. The van der Waals surface area contributed by atoms with E-state index in [9.17, 15) is 13.2 Å². The minimum Gasteiger partial charge on any atom is -0.493 e. The molecule has 1 aliphatic rings. The summed E-state index contributed by atoms with van der Waals surface area (Å²) >= 11 is 1.45. The van der Waals surface area contributed by atoms with E-state index in [1.54, 1.807) is 37.3 Å². The van der Waals surface area contributed by atoms with Crippen LogP contribution in [-0.2, 0) is 14.6 Å². The highest BCUT2D eigenvalue weighted by molar-refractivity contribution is 7.91. The number of sulfone groups is 1. The molecule has 0 N–H and O–H groups in total. The van der Waals surface area contributed by atoms with Gasteiger partial charge in [-0.1, -0.05) is 12.1 Å². The molecule has 0 spiro atoms. The molecule has 0 saturated carbocycles. The lowest BCUT2D eigenvalue weighted by molar-refractivity contribution is -0.125. The zero-order valence-corrected chi connectivity index (χ0v) is 17.5. The Morgan fingerprint density at radius 1 is 1.18 bits per heavy atom. The van der Waals surface area contributed by atoms with E-state index in [0.29, 0.717) is 24.5 Å². The third-order valence-electron chi connectivity index (χ3n) is 4.74. The second-order valence-corrected chi connectivity index (χ2v) is 9.72. The summed E-state index contributed by atoms with van der Waals surface area (Å²) in [4.78, 5) is 15.0. The number of thiophene rings is 1. The highest BCUT2D eigenvalue weighted by atomic mass is 32.2. The Balaban J connectivity index is 1.70. The monoisotopic (exact) mass is 421 g/mol. The SMILES string of the molecule is COc1ccc(/C=C/C(=O)N2CCC(c3cccs3)S(=O)(=O)CC2)cc1OC. The topological polar surface area (TPSA) is 72.9 Å². The zero-order chi connectivity index (χ0) is 20.1. The van der Waals surface area contributed by atoms with E-state index in [-0.39, 0.29) is 18.2 Å². The largest absolute Gasteiger partial charge is 0.493 e. The van der Waals surface area contributed by atoms with Crippen molar-refractivity contribution in [3.8, 4) is 11.5 Å². The number of carbonyl (C=O) groups is 1. The Hall–Kier alpha value is -2.32. The van der Waals surface area contributed by atoms with Gasteiger partial charge in [0.25, 0.3) is 0 Å². The molecule has 2 heterocycles. The van der Waals surface area contributed by atoms with Gasteiger partial charge in [0.15, 0.2) is 21.3 Å². The van der Waals surface area contributed by atoms with Gasteiger partial charge in [-0.05, 0) is 41.6 Å². The van der Waals surface area contributed by atoms with Gasteiger partial charge in [0.2, 0.25) is 5.91 Å². The van der Waals surface area contributed by atoms with Gasteiger partial charge in [-0.25, -0.2) is 8.42 Å². The highest BCUT2D eigenvalue weighted by Gasteiger charge is 2.32. The minimum absolute atomic E-state index is 0.0223. The van der Waals surface area contributed by atoms with E-state index < -0.39 is 15.1 Å². The average Bonchev–Trinajstić information content (AvgIpc) is 3.16. The molecule has 6 nitrogen and oxygen atoms in total. The van der Waals surface area contributed by atoms with Gasteiger partial charge in [0.05, 0.1) is 25.2 Å². The van der Waals surface area contributed by atoms with E-state index in [0.717, 1.165) is 10.4 Å². The minimum atomic E-state index is -3.27. The molecule has 1 aromatic heterocycles. The lowest BCUT2D eigenvalue weighted by atomic mass is 10.2. The molecule has 2 aromatic rings. The summed E-state index contributed by atoms with van der Waals surface area (Å²) in [5.74, 6) is 0.975. The Labute approximate surface area is 169 Å². The summed E-state index contributed by atoms with van der Waals surface area (Å²) in [6.07, 6.45) is 3.58. The summed E-state index contributed by atoms with van der Waals surface area (Å²) in [5.41, 5.74) is 0.796. The van der Waals surface area contributed by atoms with Crippen LogP contribution in [0.1, 0.15) is 22.1 Å². The van der Waals surface area contributed by atoms with Crippen LogP contribution in [0.2, 0.25) is 0 Å². The standard InChI is InChI=1S/C20H23NO5S2/c1-25-16-7-5-15(14-17(16)26-2)6-8-20(22)21-10-9-19(18-4-3-12-27-18)28(23,24)13-11-21/h3-8,12,14,19H,9-11,13H2,1-2H3/b8-6+. The van der Waals surface area contributed by atoms with Gasteiger partial charge in [-0.2, -0.15) is 0 Å². The molecule has 1 fully saturated rings. The molecule has 3 rings (SSSR count). The molecule has 0 radical (unpaired) electrons. The molecule has 1 amide bonds. The van der Waals surface area contributed by atoms with Crippen LogP contribution in [0.3, 0.4) is 0 Å². The van der Waals surface area contributed by atoms with E-state index in [1.807, 2.05) is 23.6 Å². The number of carbonyl (C=O) groups excluding carboxylic acids is 1. The van der Waals surface area contributed by atoms with Crippen LogP contribution in [0.4, 0.5) is 0 Å². The number of ether oxygens (including phenoxy) is 2. The predicted molar refractivity (Wildman–Crippen MR) is 111 cm³/mol. The first-order valence-corrected chi connectivity index (χ1v) is 11.5. The van der Waals surface area contributed by atoms with Crippen LogP contribution < -0.4 is 9.47 Å². The van der Waals surface area contributed by atoms with Crippen LogP contribution in [0.15, 0.2) is 41.8 Å². The van der Waals surface area contributed by atoms with Crippen molar-refractivity contribution < 1.29 is 22.7 Å². The number of nitrogens with zero attached hydrogens (tertiary/aromatic N) is 1. The number of amides is 1. The molecule has 1 saturated heterocycles. The first-order chi connectivity index (χ1) is 13.4. The molecule has 8 heteroatoms. The first kappa shape index (κ1) is 20.4. The molecule has 1 aromatic carbocycles. The van der Waals surface area contributed by atoms with Crippen molar-refractivity contribution in [2.24, 2.45) is 0 Å². The van der Waals surface area contributed by atoms with Gasteiger partial charge < -0.3 is 14.4 Å². The number of methoxy groups -OCH3 is 2. The highest BCUT2D eigenvalue weighted by Crippen LogP contribution is 2.32. The van der Waals surface area contributed by atoms with Crippen molar-refractivity contribution in [2.45, 2.75) is 11.7 Å². The third kappa shape index (κ3) is 4.56. The molecule has 1 atom stereocenters. The number of hydrogen-bond acceptors (Lipinski definition) is 6. The quantitative estimate of drug-likeness (QED) is 0.694. The summed E-state index contributed by atoms with van der Waals surface area (Å²) in [7, 11) is -0.154. The number of rotatable bonds is 5. The summed E-state index contributed by atoms with van der Waals surface area (Å²) in [5, 5.41) is 1.35. The summed E-state index contributed by atoms with van der Waals surface area (Å²) < 4.78 is 35.7. The van der Waals surface area contributed by atoms with E-state index in [1.165, 1.54) is 17.4 Å². The lowest BCUT2D eigenvalue weighted by Gasteiger charge is -2.17. The second kappa shape index (κ2) is 8.79. The van der Waals surface area contributed by atoms with Crippen molar-refractivity contribution >= 4 is 33.2 Å². The van der Waals surface area contributed by atoms with Gasteiger partial charge in [0, 0.05) is 24.0 Å². The van der Waals surface area contributed by atoms with Crippen molar-refractivity contribution in [3.05, 3.63) is 52.2 Å². The van der Waals surface area contributed by atoms with Crippen molar-refractivity contribution in [1.29, 1.82) is 0 Å². The Bertz CT molecular complexity index is 951. The zero-order valence-electron chi connectivity index (χ0n) is 15.8. The molecular formula is C20H23NO5S2. The van der Waals surface area contributed by atoms with Crippen molar-refractivity contribution in [2.75, 3.05) is 33.1 Å². The Morgan fingerprint density at radius 2 is 1.96 bits per heavy atom. The fourth-order valence-corrected chi connectivity index (χ4v) is 6.19. The molecule has 28 heavy (non-hydrogen) atoms. The van der Waals surface area contributed by atoms with Crippen LogP contribution >= 0.6 is 11.3 Å². The third-order valence-corrected chi connectivity index (χ3v) is 7.98. The van der Waals surface area contributed by atoms with Gasteiger partial charge in [0.1, 0.15) is 0 Å². The van der Waals surface area contributed by atoms with E-state index >= 15 is 0 Å². The van der Waals surface area contributed by atoms with E-state index in [2.05, 4.69) is 0 Å². The van der Waals surface area contributed by atoms with E-state index in [4.69, 9.17) is 9.47 Å². The normalized spacial score (nSPS) is 19.4. The van der Waals surface area contributed by atoms with Crippen LogP contribution in [0.5, 0.6) is 11.5 Å². The predicted octanol–water partition coefficient (Wildman–Crippen LogP) is 3.17. The van der Waals surface area contributed by atoms with Crippen LogP contribution in [0, 0.1) is 0 Å². The maximum Gasteiger partial charge on any atom is 0.246 e. The average molecular weight is 422 g/mol. The maximum absolute atomic E-state index is 12.6. The van der Waals surface area contributed by atoms with Crippen LogP contribution in [-0.4, -0.2) is 52.3 Å². The van der Waals surface area contributed by atoms with Crippen molar-refractivity contribution in [3.63, 3.8) is 0 Å². The fraction of sp³-hybridized carbons (Fsp3) is 0.350. The van der Waals surface area contributed by atoms with Crippen molar-refractivity contribution in [1.82, 2.24) is 4.90 Å². The molecule has 0 aliphatic carbocycles. The Kier molecular flexibility index (Phi) is 6.41. The van der Waals surface area contributed by atoms with Crippen LogP contribution in [0.25, 0.3) is 6.08 Å². The fourth-order valence-electron chi connectivity index (χ4n) is 3.19. The number of benzene rings is 1. The number of hydrogen-bond donors (Lipinski definition) is 0. The second-order valence-electron chi connectivity index (χ2n) is 6.43. The molecule has 1 unspecified atom stereocenters. The van der Waals surface area contributed by atoms with Gasteiger partial charge >= 0.3 is 0 Å². The summed E-state index contributed by atoms with van der Waals surface area (Å²) in [6, 6.07) is 9.08.